The molecule has 1 rings (SSSR count). The second-order valence-corrected chi connectivity index (χ2v) is 4.46. The summed E-state index contributed by atoms with van der Waals surface area (Å²) in [5, 5.41) is 3.09. The van der Waals surface area contributed by atoms with E-state index in [4.69, 9.17) is 9.47 Å². The Morgan fingerprint density at radius 3 is 2.50 bits per heavy atom. The number of nitrogens with zero attached hydrogens (tertiary/aromatic N) is 3. The van der Waals surface area contributed by atoms with E-state index in [1.807, 2.05) is 13.1 Å². The fourth-order valence-electron chi connectivity index (χ4n) is 1.87. The molecule has 1 heterocycles. The third-order valence-corrected chi connectivity index (χ3v) is 3.00. The molecule has 0 amide bonds. The highest BCUT2D eigenvalue weighted by Crippen LogP contribution is 2.16. The van der Waals surface area contributed by atoms with Gasteiger partial charge in [0.15, 0.2) is 0 Å². The number of hydrogen-bond acceptors (Lipinski definition) is 6. The topological polar surface area (TPSA) is 59.5 Å². The highest BCUT2D eigenvalue weighted by Gasteiger charge is 2.11. The zero-order valence-electron chi connectivity index (χ0n) is 13.0. The molecule has 6 nitrogen and oxygen atoms in total. The second-order valence-electron chi connectivity index (χ2n) is 4.46. The van der Waals surface area contributed by atoms with Gasteiger partial charge in [0.2, 0.25) is 0 Å². The van der Waals surface area contributed by atoms with Crippen molar-refractivity contribution in [3.63, 3.8) is 0 Å². The maximum Gasteiger partial charge on any atom is 0.134 e. The lowest BCUT2D eigenvalue weighted by atomic mass is 10.3. The van der Waals surface area contributed by atoms with E-state index in [1.165, 1.54) is 0 Å². The fourth-order valence-corrected chi connectivity index (χ4v) is 1.87. The summed E-state index contributed by atoms with van der Waals surface area (Å²) in [4.78, 5) is 11.2. The maximum absolute atomic E-state index is 5.18. The van der Waals surface area contributed by atoms with Gasteiger partial charge in [-0.05, 0) is 6.42 Å². The van der Waals surface area contributed by atoms with Gasteiger partial charge in [0.25, 0.3) is 0 Å². The molecule has 0 fully saturated rings. The van der Waals surface area contributed by atoms with E-state index < -0.39 is 0 Å². The van der Waals surface area contributed by atoms with Gasteiger partial charge in [-0.2, -0.15) is 0 Å². The first-order valence-electron chi connectivity index (χ1n) is 7.03. The van der Waals surface area contributed by atoms with Gasteiger partial charge in [-0.1, -0.05) is 6.92 Å². The van der Waals surface area contributed by atoms with Crippen LogP contribution < -0.4 is 10.2 Å². The van der Waals surface area contributed by atoms with Gasteiger partial charge in [0, 0.05) is 53.5 Å². The van der Waals surface area contributed by atoms with Gasteiger partial charge in [0.1, 0.15) is 17.5 Å². The number of ether oxygens (including phenoxy) is 2. The first-order valence-corrected chi connectivity index (χ1v) is 7.03. The van der Waals surface area contributed by atoms with Crippen LogP contribution in [0.25, 0.3) is 0 Å². The zero-order valence-corrected chi connectivity index (χ0v) is 13.0. The lowest BCUT2D eigenvalue weighted by Crippen LogP contribution is -2.30. The van der Waals surface area contributed by atoms with Crippen LogP contribution in [0.3, 0.4) is 0 Å². The molecule has 0 radical (unpaired) electrons. The van der Waals surface area contributed by atoms with E-state index in [-0.39, 0.29) is 0 Å². The quantitative estimate of drug-likeness (QED) is 0.657. The number of aromatic nitrogens is 2. The van der Waals surface area contributed by atoms with E-state index >= 15 is 0 Å². The SMILES string of the molecule is CCc1nc(NC)cc(N(CCCOC)CCOC)n1. The Morgan fingerprint density at radius 1 is 1.15 bits per heavy atom. The molecule has 1 aromatic heterocycles. The number of methoxy groups -OCH3 is 2. The Balaban J connectivity index is 2.86. The first kappa shape index (κ1) is 16.7. The second kappa shape index (κ2) is 9.50. The van der Waals surface area contributed by atoms with Crippen molar-refractivity contribution in [2.45, 2.75) is 19.8 Å². The summed E-state index contributed by atoms with van der Waals surface area (Å²) in [6.45, 7) is 5.18. The number of rotatable bonds is 10. The van der Waals surface area contributed by atoms with Crippen molar-refractivity contribution in [2.24, 2.45) is 0 Å². The van der Waals surface area contributed by atoms with E-state index in [9.17, 15) is 0 Å². The molecule has 1 aromatic rings. The van der Waals surface area contributed by atoms with Crippen molar-refractivity contribution < 1.29 is 9.47 Å². The van der Waals surface area contributed by atoms with Crippen LogP contribution in [0.4, 0.5) is 11.6 Å². The van der Waals surface area contributed by atoms with Gasteiger partial charge < -0.3 is 19.7 Å². The molecular weight excluding hydrogens is 256 g/mol. The van der Waals surface area contributed by atoms with E-state index in [0.717, 1.165) is 50.0 Å². The minimum absolute atomic E-state index is 0.674. The first-order chi connectivity index (χ1) is 9.74. The molecule has 20 heavy (non-hydrogen) atoms. The average molecular weight is 282 g/mol. The van der Waals surface area contributed by atoms with Gasteiger partial charge in [-0.15, -0.1) is 0 Å². The predicted molar refractivity (Wildman–Crippen MR) is 81.5 cm³/mol. The third kappa shape index (κ3) is 5.30. The van der Waals surface area contributed by atoms with Gasteiger partial charge in [-0.25, -0.2) is 9.97 Å². The monoisotopic (exact) mass is 282 g/mol. The zero-order chi connectivity index (χ0) is 14.8. The summed E-state index contributed by atoms with van der Waals surface area (Å²) < 4.78 is 10.3. The average Bonchev–Trinajstić information content (AvgIpc) is 2.50. The van der Waals surface area contributed by atoms with E-state index in [0.29, 0.717) is 6.61 Å². The summed E-state index contributed by atoms with van der Waals surface area (Å²) in [7, 11) is 5.30. The molecule has 0 atom stereocenters. The third-order valence-electron chi connectivity index (χ3n) is 3.00. The summed E-state index contributed by atoms with van der Waals surface area (Å²) in [6.07, 6.45) is 1.78. The van der Waals surface area contributed by atoms with Crippen LogP contribution in [-0.2, 0) is 15.9 Å². The molecule has 0 spiro atoms. The van der Waals surface area contributed by atoms with Crippen molar-refractivity contribution in [3.8, 4) is 0 Å². The minimum atomic E-state index is 0.674. The summed E-state index contributed by atoms with van der Waals surface area (Å²) in [6, 6.07) is 1.97. The molecular formula is C14H26N4O2. The van der Waals surface area contributed by atoms with Crippen molar-refractivity contribution >= 4 is 11.6 Å². The molecule has 0 aliphatic carbocycles. The highest BCUT2D eigenvalue weighted by atomic mass is 16.5. The Labute approximate surface area is 121 Å². The van der Waals surface area contributed by atoms with Crippen molar-refractivity contribution in [2.75, 3.05) is 57.8 Å². The van der Waals surface area contributed by atoms with Crippen molar-refractivity contribution in [1.82, 2.24) is 9.97 Å². The molecule has 0 saturated carbocycles. The smallest absolute Gasteiger partial charge is 0.134 e. The lowest BCUT2D eigenvalue weighted by Gasteiger charge is -2.24. The summed E-state index contributed by atoms with van der Waals surface area (Å²) in [5.41, 5.74) is 0. The fraction of sp³-hybridized carbons (Fsp3) is 0.714. The van der Waals surface area contributed by atoms with Gasteiger partial charge in [-0.3, -0.25) is 0 Å². The molecule has 1 N–H and O–H groups in total. The Hall–Kier alpha value is -1.40. The summed E-state index contributed by atoms with van der Waals surface area (Å²) >= 11 is 0. The number of nitrogens with one attached hydrogen (secondary N) is 1. The summed E-state index contributed by atoms with van der Waals surface area (Å²) in [5.74, 6) is 2.64. The molecule has 114 valence electrons. The van der Waals surface area contributed by atoms with E-state index in [2.05, 4.69) is 27.1 Å². The largest absolute Gasteiger partial charge is 0.385 e. The lowest BCUT2D eigenvalue weighted by molar-refractivity contribution is 0.191. The Kier molecular flexibility index (Phi) is 7.91. The van der Waals surface area contributed by atoms with Crippen LogP contribution in [0.2, 0.25) is 0 Å². The van der Waals surface area contributed by atoms with Crippen LogP contribution in [0.15, 0.2) is 6.07 Å². The van der Waals surface area contributed by atoms with Crippen LogP contribution in [0, 0.1) is 0 Å². The highest BCUT2D eigenvalue weighted by molar-refractivity contribution is 5.49. The molecule has 0 aliphatic rings. The maximum atomic E-state index is 5.18. The predicted octanol–water partition coefficient (Wildman–Crippen LogP) is 1.57. The van der Waals surface area contributed by atoms with Crippen LogP contribution in [0.1, 0.15) is 19.2 Å². The number of anilines is 2. The molecule has 0 saturated heterocycles. The van der Waals surface area contributed by atoms with Crippen LogP contribution in [-0.4, -0.2) is 57.5 Å². The standard InChI is InChI=1S/C14H26N4O2/c1-5-12-16-13(15-2)11-14(17-12)18(8-10-20-4)7-6-9-19-3/h11H,5-10H2,1-4H3,(H,15,16,17). The normalized spacial score (nSPS) is 10.6. The Bertz CT molecular complexity index is 365. The van der Waals surface area contributed by atoms with Gasteiger partial charge in [0.05, 0.1) is 6.61 Å². The van der Waals surface area contributed by atoms with E-state index in [1.54, 1.807) is 14.2 Å². The van der Waals surface area contributed by atoms with Crippen molar-refractivity contribution in [3.05, 3.63) is 11.9 Å². The van der Waals surface area contributed by atoms with Crippen LogP contribution in [0.5, 0.6) is 0 Å². The van der Waals surface area contributed by atoms with Crippen molar-refractivity contribution in [1.29, 1.82) is 0 Å². The molecule has 0 aliphatic heterocycles. The Morgan fingerprint density at radius 2 is 1.90 bits per heavy atom. The molecule has 6 heteroatoms. The van der Waals surface area contributed by atoms with Crippen LogP contribution >= 0.6 is 0 Å². The molecule has 0 unspecified atom stereocenters. The molecule has 0 bridgehead atoms. The number of hydrogen-bond donors (Lipinski definition) is 1. The molecule has 0 aromatic carbocycles. The number of aryl methyl sites for hydroxylation is 1. The minimum Gasteiger partial charge on any atom is -0.385 e. The van der Waals surface area contributed by atoms with Gasteiger partial charge >= 0.3 is 0 Å².